The van der Waals surface area contributed by atoms with Crippen molar-refractivity contribution >= 4 is 33.6 Å². The van der Waals surface area contributed by atoms with Gasteiger partial charge in [-0.3, -0.25) is 9.69 Å². The highest BCUT2D eigenvalue weighted by Crippen LogP contribution is 2.59. The highest BCUT2D eigenvalue weighted by Gasteiger charge is 2.51. The van der Waals surface area contributed by atoms with Crippen LogP contribution in [-0.2, 0) is 6.18 Å². The first-order valence-electron chi connectivity index (χ1n) is 14.1. The van der Waals surface area contributed by atoms with Gasteiger partial charge in [0.1, 0.15) is 0 Å². The number of nitrogens with one attached hydrogen (secondary N) is 1. The lowest BCUT2D eigenvalue weighted by Crippen LogP contribution is -2.52. The number of carbonyl (C=O) groups excluding carboxylic acids is 2. The zero-order valence-corrected chi connectivity index (χ0v) is 25.0. The summed E-state index contributed by atoms with van der Waals surface area (Å²) in [6.07, 6.45) is 0.000442. The average Bonchev–Trinajstić information content (AvgIpc) is 2.95. The Kier molecular flexibility index (Phi) is 8.53. The normalized spacial score (nSPS) is 22.0. The fourth-order valence-corrected chi connectivity index (χ4v) is 6.55. The van der Waals surface area contributed by atoms with E-state index in [0.717, 1.165) is 29.4 Å². The summed E-state index contributed by atoms with van der Waals surface area (Å²) in [5, 5.41) is 2.81. The molecule has 4 aliphatic rings. The SMILES string of the molecule is CC1(C)C2CC=C(CN(CCN3CCN(C(=O)c4ccc(Br)cc4)CC3)C(=O)Nc3ccc(C(F)(F)F)cc3)C1C2. The second-order valence-electron chi connectivity index (χ2n) is 11.9. The number of nitrogens with zero attached hydrogens (tertiary/aromatic N) is 3. The molecule has 1 saturated heterocycles. The van der Waals surface area contributed by atoms with Gasteiger partial charge in [-0.15, -0.1) is 0 Å². The Bertz CT molecular complexity index is 1290. The van der Waals surface area contributed by atoms with E-state index < -0.39 is 11.7 Å². The Morgan fingerprint density at radius 3 is 2.27 bits per heavy atom. The summed E-state index contributed by atoms with van der Waals surface area (Å²) in [6.45, 7) is 8.82. The van der Waals surface area contributed by atoms with Crippen molar-refractivity contribution in [2.75, 3.05) is 51.1 Å². The van der Waals surface area contributed by atoms with Crippen LogP contribution in [0, 0.1) is 17.3 Å². The smallest absolute Gasteiger partial charge is 0.336 e. The van der Waals surface area contributed by atoms with Gasteiger partial charge in [-0.25, -0.2) is 4.79 Å². The second-order valence-corrected chi connectivity index (χ2v) is 12.8. The molecule has 3 amide bonds. The zero-order chi connectivity index (χ0) is 29.4. The van der Waals surface area contributed by atoms with Crippen molar-refractivity contribution in [1.29, 1.82) is 0 Å². The first kappa shape index (κ1) is 29.6. The van der Waals surface area contributed by atoms with Crippen LogP contribution in [0.5, 0.6) is 0 Å². The largest absolute Gasteiger partial charge is 0.416 e. The van der Waals surface area contributed by atoms with E-state index in [0.29, 0.717) is 68.9 Å². The predicted octanol–water partition coefficient (Wildman–Crippen LogP) is 6.75. The van der Waals surface area contributed by atoms with Crippen LogP contribution in [0.4, 0.5) is 23.7 Å². The lowest BCUT2D eigenvalue weighted by molar-refractivity contribution is -0.137. The number of alkyl halides is 3. The van der Waals surface area contributed by atoms with E-state index in [1.165, 1.54) is 17.7 Å². The number of hydrogen-bond donors (Lipinski definition) is 1. The van der Waals surface area contributed by atoms with E-state index in [1.807, 2.05) is 29.2 Å². The topological polar surface area (TPSA) is 55.9 Å². The van der Waals surface area contributed by atoms with E-state index >= 15 is 0 Å². The number of halogens is 4. The summed E-state index contributed by atoms with van der Waals surface area (Å²) in [6, 6.07) is 11.6. The highest BCUT2D eigenvalue weighted by atomic mass is 79.9. The molecule has 1 saturated carbocycles. The van der Waals surface area contributed by atoms with Gasteiger partial charge in [-0.1, -0.05) is 41.4 Å². The second kappa shape index (κ2) is 11.8. The van der Waals surface area contributed by atoms with Crippen molar-refractivity contribution in [2.24, 2.45) is 17.3 Å². The van der Waals surface area contributed by atoms with Gasteiger partial charge in [0.25, 0.3) is 5.91 Å². The Morgan fingerprint density at radius 2 is 1.68 bits per heavy atom. The summed E-state index contributed by atoms with van der Waals surface area (Å²) in [4.78, 5) is 32.2. The van der Waals surface area contributed by atoms with Crippen molar-refractivity contribution in [1.82, 2.24) is 14.7 Å². The van der Waals surface area contributed by atoms with Gasteiger partial charge in [0.15, 0.2) is 0 Å². The molecule has 10 heteroatoms. The highest BCUT2D eigenvalue weighted by molar-refractivity contribution is 9.10. The maximum atomic E-state index is 13.4. The van der Waals surface area contributed by atoms with Gasteiger partial charge in [0.2, 0.25) is 0 Å². The number of amides is 3. The minimum absolute atomic E-state index is 0.0142. The lowest BCUT2D eigenvalue weighted by Gasteiger charge is -2.57. The fourth-order valence-electron chi connectivity index (χ4n) is 6.29. The van der Waals surface area contributed by atoms with E-state index in [2.05, 4.69) is 46.1 Å². The van der Waals surface area contributed by atoms with E-state index in [-0.39, 0.29) is 17.4 Å². The van der Waals surface area contributed by atoms with Crippen molar-refractivity contribution in [3.05, 3.63) is 75.8 Å². The molecule has 0 radical (unpaired) electrons. The van der Waals surface area contributed by atoms with Gasteiger partial charge >= 0.3 is 12.2 Å². The van der Waals surface area contributed by atoms with Crippen molar-refractivity contribution in [2.45, 2.75) is 32.9 Å². The molecule has 2 bridgehead atoms. The van der Waals surface area contributed by atoms with E-state index in [9.17, 15) is 22.8 Å². The Hall–Kier alpha value is -2.85. The molecule has 0 aromatic heterocycles. The lowest BCUT2D eigenvalue weighted by atomic mass is 9.49. The third-order valence-electron chi connectivity index (χ3n) is 9.14. The van der Waals surface area contributed by atoms with Crippen LogP contribution in [-0.4, -0.2) is 72.5 Å². The molecular formula is C31H36BrF3N4O2. The standard InChI is InChI=1S/C31H36BrF3N4O2/c1-30(2)24-6-3-22(27(30)19-24)20-39(29(41)36-26-11-7-23(8-12-26)31(33,34)35)18-15-37-13-16-38(17-14-37)28(40)21-4-9-25(32)10-5-21/h3-5,7-12,24,27H,6,13-20H2,1-2H3,(H,36,41). The molecule has 1 heterocycles. The number of benzene rings is 2. The van der Waals surface area contributed by atoms with Crippen molar-refractivity contribution < 1.29 is 22.8 Å². The van der Waals surface area contributed by atoms with Crippen LogP contribution in [0.25, 0.3) is 0 Å². The molecule has 2 fully saturated rings. The van der Waals surface area contributed by atoms with E-state index in [4.69, 9.17) is 0 Å². The molecular weight excluding hydrogens is 597 g/mol. The van der Waals surface area contributed by atoms with Crippen LogP contribution in [0.3, 0.4) is 0 Å². The number of piperazine rings is 1. The predicted molar refractivity (Wildman–Crippen MR) is 157 cm³/mol. The third kappa shape index (κ3) is 6.64. The summed E-state index contributed by atoms with van der Waals surface area (Å²) in [5.41, 5.74) is 1.73. The van der Waals surface area contributed by atoms with Crippen LogP contribution >= 0.6 is 15.9 Å². The van der Waals surface area contributed by atoms with Crippen LogP contribution in [0.15, 0.2) is 64.7 Å². The molecule has 2 aromatic carbocycles. The molecule has 41 heavy (non-hydrogen) atoms. The van der Waals surface area contributed by atoms with Gasteiger partial charge in [-0.05, 0) is 78.6 Å². The molecule has 0 spiro atoms. The van der Waals surface area contributed by atoms with Crippen molar-refractivity contribution in [3.8, 4) is 0 Å². The van der Waals surface area contributed by atoms with Gasteiger partial charge in [0, 0.05) is 61.5 Å². The molecule has 1 N–H and O–H groups in total. The number of rotatable bonds is 7. The number of carbonyl (C=O) groups is 2. The van der Waals surface area contributed by atoms with Gasteiger partial charge in [-0.2, -0.15) is 13.2 Å². The maximum Gasteiger partial charge on any atom is 0.416 e. The fraction of sp³-hybridized carbons (Fsp3) is 0.484. The quantitative estimate of drug-likeness (QED) is 0.344. The third-order valence-corrected chi connectivity index (χ3v) is 9.67. The number of hydrogen-bond acceptors (Lipinski definition) is 3. The van der Waals surface area contributed by atoms with Gasteiger partial charge in [0.05, 0.1) is 5.56 Å². The summed E-state index contributed by atoms with van der Waals surface area (Å²) < 4.78 is 39.9. The van der Waals surface area contributed by atoms with E-state index in [1.54, 1.807) is 4.90 Å². The number of anilines is 1. The maximum absolute atomic E-state index is 13.4. The Balaban J connectivity index is 1.21. The Morgan fingerprint density at radius 1 is 1.02 bits per heavy atom. The molecule has 2 aromatic rings. The summed E-state index contributed by atoms with van der Waals surface area (Å²) in [7, 11) is 0. The molecule has 6 rings (SSSR count). The molecule has 2 unspecified atom stereocenters. The minimum Gasteiger partial charge on any atom is -0.336 e. The molecule has 220 valence electrons. The number of urea groups is 1. The monoisotopic (exact) mass is 632 g/mol. The van der Waals surface area contributed by atoms with Crippen LogP contribution < -0.4 is 5.32 Å². The minimum atomic E-state index is -4.43. The van der Waals surface area contributed by atoms with Crippen molar-refractivity contribution in [3.63, 3.8) is 0 Å². The number of allylic oxidation sites excluding steroid dienone is 1. The zero-order valence-electron chi connectivity index (χ0n) is 23.4. The first-order valence-corrected chi connectivity index (χ1v) is 14.9. The molecule has 1 aliphatic heterocycles. The summed E-state index contributed by atoms with van der Waals surface area (Å²) >= 11 is 3.40. The first-order chi connectivity index (χ1) is 19.4. The van der Waals surface area contributed by atoms with Crippen LogP contribution in [0.2, 0.25) is 0 Å². The summed E-state index contributed by atoms with van der Waals surface area (Å²) in [5.74, 6) is 1.14. The molecule has 2 atom stereocenters. The van der Waals surface area contributed by atoms with Crippen LogP contribution in [0.1, 0.15) is 42.6 Å². The molecule has 6 nitrogen and oxygen atoms in total. The number of fused-ring (bicyclic) bond motifs is 1. The average molecular weight is 634 g/mol. The van der Waals surface area contributed by atoms with Gasteiger partial charge < -0.3 is 15.1 Å². The molecule has 3 aliphatic carbocycles. The Labute approximate surface area is 247 Å².